The van der Waals surface area contributed by atoms with E-state index >= 15 is 0 Å². The summed E-state index contributed by atoms with van der Waals surface area (Å²) in [5, 5.41) is 0. The zero-order valence-electron chi connectivity index (χ0n) is 7.72. The van der Waals surface area contributed by atoms with Crippen LogP contribution in [0.4, 0.5) is 5.69 Å². The van der Waals surface area contributed by atoms with Crippen molar-refractivity contribution in [2.24, 2.45) is 0 Å². The van der Waals surface area contributed by atoms with Crippen molar-refractivity contribution in [2.45, 2.75) is 12.5 Å². The fourth-order valence-corrected chi connectivity index (χ4v) is 1.90. The number of anilines is 1. The van der Waals surface area contributed by atoms with E-state index in [-0.39, 0.29) is 12.0 Å². The molecule has 1 aromatic rings. The number of hydrogen-bond acceptors (Lipinski definition) is 2. The molecule has 1 saturated heterocycles. The standard InChI is InChI=1S/C10H12NO2P/c12-10-9(13-14)6-7-11(10)8-4-2-1-3-5-8/h1-5,9H,6-7,14H2. The van der Waals surface area contributed by atoms with E-state index in [0.717, 1.165) is 18.7 Å². The molecule has 1 fully saturated rings. The predicted octanol–water partition coefficient (Wildman–Crippen LogP) is 1.60. The molecule has 3 nitrogen and oxygen atoms in total. The maximum Gasteiger partial charge on any atom is 0.256 e. The van der Waals surface area contributed by atoms with Crippen LogP contribution in [0.2, 0.25) is 0 Å². The van der Waals surface area contributed by atoms with E-state index in [9.17, 15) is 4.79 Å². The first-order valence-electron chi connectivity index (χ1n) is 4.55. The van der Waals surface area contributed by atoms with Gasteiger partial charge in [0.25, 0.3) is 5.91 Å². The molecule has 14 heavy (non-hydrogen) atoms. The van der Waals surface area contributed by atoms with Crippen LogP contribution in [0.1, 0.15) is 6.42 Å². The van der Waals surface area contributed by atoms with Gasteiger partial charge in [-0.05, 0) is 12.1 Å². The van der Waals surface area contributed by atoms with Crippen LogP contribution < -0.4 is 4.90 Å². The summed E-state index contributed by atoms with van der Waals surface area (Å²) in [4.78, 5) is 13.5. The van der Waals surface area contributed by atoms with Gasteiger partial charge >= 0.3 is 0 Å². The van der Waals surface area contributed by atoms with Crippen molar-refractivity contribution in [3.05, 3.63) is 30.3 Å². The molecule has 0 aliphatic carbocycles. The number of carbonyl (C=O) groups excluding carboxylic acids is 1. The Morgan fingerprint density at radius 3 is 2.64 bits per heavy atom. The first kappa shape index (κ1) is 9.63. The molecule has 0 aromatic heterocycles. The molecule has 2 rings (SSSR count). The van der Waals surface area contributed by atoms with Crippen LogP contribution in [0, 0.1) is 0 Å². The second-order valence-electron chi connectivity index (χ2n) is 3.24. The maximum atomic E-state index is 11.7. The zero-order valence-corrected chi connectivity index (χ0v) is 8.87. The van der Waals surface area contributed by atoms with Crippen molar-refractivity contribution < 1.29 is 9.32 Å². The number of nitrogens with zero attached hydrogens (tertiary/aromatic N) is 1. The minimum Gasteiger partial charge on any atom is -0.353 e. The van der Waals surface area contributed by atoms with E-state index in [1.165, 1.54) is 0 Å². The van der Waals surface area contributed by atoms with Crippen LogP contribution in [0.15, 0.2) is 30.3 Å². The third-order valence-electron chi connectivity index (χ3n) is 2.39. The summed E-state index contributed by atoms with van der Waals surface area (Å²) in [6, 6.07) is 9.66. The van der Waals surface area contributed by atoms with Crippen molar-refractivity contribution in [2.75, 3.05) is 11.4 Å². The Labute approximate surface area is 85.3 Å². The van der Waals surface area contributed by atoms with Crippen molar-refractivity contribution >= 4 is 21.1 Å². The average molecular weight is 209 g/mol. The van der Waals surface area contributed by atoms with Gasteiger partial charge in [0.1, 0.15) is 6.10 Å². The van der Waals surface area contributed by atoms with E-state index in [1.807, 2.05) is 30.3 Å². The Bertz CT molecular complexity index is 328. The zero-order chi connectivity index (χ0) is 9.97. The van der Waals surface area contributed by atoms with Crippen LogP contribution in [0.3, 0.4) is 0 Å². The first-order chi connectivity index (χ1) is 6.83. The van der Waals surface area contributed by atoms with Crippen LogP contribution in [0.5, 0.6) is 0 Å². The van der Waals surface area contributed by atoms with Gasteiger partial charge in [0.05, 0.1) is 0 Å². The highest BCUT2D eigenvalue weighted by molar-refractivity contribution is 7.09. The average Bonchev–Trinajstić information content (AvgIpc) is 2.61. The monoisotopic (exact) mass is 209 g/mol. The van der Waals surface area contributed by atoms with Gasteiger partial charge in [-0.1, -0.05) is 18.2 Å². The van der Waals surface area contributed by atoms with Crippen molar-refractivity contribution in [1.29, 1.82) is 0 Å². The summed E-state index contributed by atoms with van der Waals surface area (Å²) in [5.74, 6) is 0.0474. The van der Waals surface area contributed by atoms with Gasteiger partial charge in [0, 0.05) is 28.1 Å². The van der Waals surface area contributed by atoms with Crippen LogP contribution in [-0.2, 0) is 9.32 Å². The van der Waals surface area contributed by atoms with E-state index in [4.69, 9.17) is 4.52 Å². The fraction of sp³-hybridized carbons (Fsp3) is 0.300. The predicted molar refractivity (Wildman–Crippen MR) is 58.0 cm³/mol. The SMILES string of the molecule is O=C1C(OP)CCN1c1ccccc1. The van der Waals surface area contributed by atoms with Crippen molar-refractivity contribution in [3.63, 3.8) is 0 Å². The molecule has 74 valence electrons. The van der Waals surface area contributed by atoms with Gasteiger partial charge in [0.2, 0.25) is 0 Å². The van der Waals surface area contributed by atoms with E-state index in [1.54, 1.807) is 4.90 Å². The normalized spacial score (nSPS) is 21.6. The Hall–Kier alpha value is -0.920. The van der Waals surface area contributed by atoms with Crippen LogP contribution in [0.25, 0.3) is 0 Å². The first-order valence-corrected chi connectivity index (χ1v) is 5.02. The lowest BCUT2D eigenvalue weighted by molar-refractivity contribution is -0.122. The van der Waals surface area contributed by atoms with Gasteiger partial charge in [-0.3, -0.25) is 4.79 Å². The summed E-state index contributed by atoms with van der Waals surface area (Å²) < 4.78 is 5.00. The van der Waals surface area contributed by atoms with Crippen LogP contribution >= 0.6 is 9.47 Å². The molecule has 0 saturated carbocycles. The van der Waals surface area contributed by atoms with Gasteiger partial charge in [-0.2, -0.15) is 0 Å². The minimum atomic E-state index is -0.291. The van der Waals surface area contributed by atoms with Crippen LogP contribution in [-0.4, -0.2) is 18.6 Å². The summed E-state index contributed by atoms with van der Waals surface area (Å²) in [6.07, 6.45) is 0.470. The Kier molecular flexibility index (Phi) is 2.80. The molecular formula is C10H12NO2P. The minimum absolute atomic E-state index is 0.0474. The molecule has 1 aliphatic rings. The lowest BCUT2D eigenvalue weighted by Crippen LogP contribution is -2.29. The summed E-state index contributed by atoms with van der Waals surface area (Å²) >= 11 is 0. The molecule has 1 heterocycles. The molecule has 4 heteroatoms. The quantitative estimate of drug-likeness (QED) is 0.692. The second-order valence-corrected chi connectivity index (χ2v) is 3.51. The third kappa shape index (κ3) is 1.66. The number of rotatable bonds is 2. The smallest absolute Gasteiger partial charge is 0.256 e. The largest absolute Gasteiger partial charge is 0.353 e. The maximum absolute atomic E-state index is 11.7. The summed E-state index contributed by atoms with van der Waals surface area (Å²) in [6.45, 7) is 0.738. The Morgan fingerprint density at radius 2 is 2.07 bits per heavy atom. The molecule has 2 unspecified atom stereocenters. The molecule has 1 aliphatic heterocycles. The Morgan fingerprint density at radius 1 is 1.36 bits per heavy atom. The number of carbonyl (C=O) groups is 1. The Balaban J connectivity index is 2.18. The number of amides is 1. The molecule has 0 N–H and O–H groups in total. The molecule has 1 aromatic carbocycles. The summed E-state index contributed by atoms with van der Waals surface area (Å²) in [5.41, 5.74) is 0.946. The third-order valence-corrected chi connectivity index (χ3v) is 2.72. The summed E-state index contributed by atoms with van der Waals surface area (Å²) in [7, 11) is 2.15. The van der Waals surface area contributed by atoms with Gasteiger partial charge in [0.15, 0.2) is 0 Å². The highest BCUT2D eigenvalue weighted by Crippen LogP contribution is 2.23. The number of benzene rings is 1. The topological polar surface area (TPSA) is 29.5 Å². The van der Waals surface area contributed by atoms with Crippen molar-refractivity contribution in [1.82, 2.24) is 0 Å². The lowest BCUT2D eigenvalue weighted by atomic mass is 10.3. The molecule has 0 spiro atoms. The fourth-order valence-electron chi connectivity index (χ4n) is 1.64. The van der Waals surface area contributed by atoms with E-state index in [2.05, 4.69) is 9.47 Å². The number of hydrogen-bond donors (Lipinski definition) is 0. The van der Waals surface area contributed by atoms with Gasteiger partial charge < -0.3 is 9.42 Å². The second kappa shape index (κ2) is 4.07. The molecule has 1 amide bonds. The van der Waals surface area contributed by atoms with E-state index < -0.39 is 0 Å². The van der Waals surface area contributed by atoms with Gasteiger partial charge in [-0.15, -0.1) is 0 Å². The highest BCUT2D eigenvalue weighted by Gasteiger charge is 2.32. The number of para-hydroxylation sites is 1. The molecular weight excluding hydrogens is 197 g/mol. The molecule has 0 bridgehead atoms. The van der Waals surface area contributed by atoms with E-state index in [0.29, 0.717) is 0 Å². The molecule has 0 radical (unpaired) electrons. The molecule has 2 atom stereocenters. The lowest BCUT2D eigenvalue weighted by Gasteiger charge is -2.15. The van der Waals surface area contributed by atoms with Crippen molar-refractivity contribution in [3.8, 4) is 0 Å². The van der Waals surface area contributed by atoms with Gasteiger partial charge in [-0.25, -0.2) is 0 Å². The highest BCUT2D eigenvalue weighted by atomic mass is 31.0.